The van der Waals surface area contributed by atoms with Gasteiger partial charge in [-0.25, -0.2) is 0 Å². The standard InChI is InChI=1S/C32H59NO6/c1-2-3-4-5-6-7-8-9-10-11-12-13-14-15-16-17-18-19-20-21-22-26-33(27-23-30(34)35,28-24-31(36)37)29-25-32(38)39/h22,26H,2-21,23-25,27-29H2,1H3,(H2-,34,35,36,37,38,39)/p+1/b26-22+. The van der Waals surface area contributed by atoms with E-state index >= 15 is 0 Å². The maximum atomic E-state index is 11.1. The summed E-state index contributed by atoms with van der Waals surface area (Å²) in [5.41, 5.74) is 0. The van der Waals surface area contributed by atoms with Gasteiger partial charge < -0.3 is 15.3 Å². The van der Waals surface area contributed by atoms with E-state index in [9.17, 15) is 14.4 Å². The van der Waals surface area contributed by atoms with Crippen LogP contribution in [0.4, 0.5) is 0 Å². The Kier molecular flexibility index (Phi) is 25.1. The minimum atomic E-state index is -0.963. The molecule has 0 saturated carbocycles. The van der Waals surface area contributed by atoms with Gasteiger partial charge in [0.15, 0.2) is 0 Å². The number of aliphatic carboxylic acids is 3. The molecule has 0 fully saturated rings. The number of hydrogen-bond acceptors (Lipinski definition) is 3. The molecule has 0 heterocycles. The van der Waals surface area contributed by atoms with Gasteiger partial charge in [0.05, 0.1) is 45.1 Å². The summed E-state index contributed by atoms with van der Waals surface area (Å²) >= 11 is 0. The molecule has 0 rings (SSSR count). The lowest BCUT2D eigenvalue weighted by Gasteiger charge is -2.34. The average molecular weight is 555 g/mol. The zero-order chi connectivity index (χ0) is 29.0. The van der Waals surface area contributed by atoms with Gasteiger partial charge in [0, 0.05) is 0 Å². The fourth-order valence-electron chi connectivity index (χ4n) is 5.15. The summed E-state index contributed by atoms with van der Waals surface area (Å²) in [6.45, 7) is 2.87. The van der Waals surface area contributed by atoms with Gasteiger partial charge in [-0.15, -0.1) is 0 Å². The molecule has 0 atom stereocenters. The maximum Gasteiger partial charge on any atom is 0.309 e. The summed E-state index contributed by atoms with van der Waals surface area (Å²) in [6.07, 6.45) is 29.7. The number of carboxylic acid groups (broad SMARTS) is 3. The Balaban J connectivity index is 3.91. The normalized spacial score (nSPS) is 11.8. The van der Waals surface area contributed by atoms with Crippen molar-refractivity contribution in [2.45, 2.75) is 155 Å². The third kappa shape index (κ3) is 26.1. The van der Waals surface area contributed by atoms with Crippen molar-refractivity contribution in [3.8, 4) is 0 Å². The fourth-order valence-corrected chi connectivity index (χ4v) is 5.15. The Hall–Kier alpha value is -1.89. The first-order chi connectivity index (χ1) is 18.8. The Labute approximate surface area is 238 Å². The molecule has 0 unspecified atom stereocenters. The van der Waals surface area contributed by atoms with Crippen LogP contribution in [0.3, 0.4) is 0 Å². The van der Waals surface area contributed by atoms with Crippen LogP contribution in [0.5, 0.6) is 0 Å². The van der Waals surface area contributed by atoms with Crippen LogP contribution in [0, 0.1) is 0 Å². The van der Waals surface area contributed by atoms with Crippen LogP contribution in [0.1, 0.15) is 155 Å². The molecule has 0 bridgehead atoms. The maximum absolute atomic E-state index is 11.1. The number of hydrogen-bond donors (Lipinski definition) is 3. The second-order valence-corrected chi connectivity index (χ2v) is 11.4. The van der Waals surface area contributed by atoms with Gasteiger partial charge in [-0.1, -0.05) is 122 Å². The minimum Gasteiger partial charge on any atom is -0.481 e. The smallest absolute Gasteiger partial charge is 0.309 e. The van der Waals surface area contributed by atoms with Crippen LogP contribution >= 0.6 is 0 Å². The number of carboxylic acids is 3. The molecule has 0 amide bonds. The molecule has 0 aliphatic carbocycles. The molecule has 7 nitrogen and oxygen atoms in total. The second kappa shape index (κ2) is 26.3. The molecule has 39 heavy (non-hydrogen) atoms. The topological polar surface area (TPSA) is 112 Å². The van der Waals surface area contributed by atoms with E-state index in [4.69, 9.17) is 15.3 Å². The van der Waals surface area contributed by atoms with E-state index in [0.29, 0.717) is 0 Å². The van der Waals surface area contributed by atoms with Crippen molar-refractivity contribution < 1.29 is 34.2 Å². The summed E-state index contributed by atoms with van der Waals surface area (Å²) in [5, 5.41) is 27.3. The van der Waals surface area contributed by atoms with Gasteiger partial charge in [0.2, 0.25) is 0 Å². The summed E-state index contributed by atoms with van der Waals surface area (Å²) in [6, 6.07) is 0. The van der Waals surface area contributed by atoms with E-state index in [1.54, 1.807) is 0 Å². The molecular formula is C32H60NO6+. The van der Waals surface area contributed by atoms with Gasteiger partial charge in [-0.3, -0.25) is 18.9 Å². The van der Waals surface area contributed by atoms with E-state index in [1.165, 1.54) is 109 Å². The third-order valence-corrected chi connectivity index (χ3v) is 7.71. The molecule has 0 saturated heterocycles. The summed E-state index contributed by atoms with van der Waals surface area (Å²) in [7, 11) is 0. The first kappa shape index (κ1) is 37.1. The molecule has 0 aromatic heterocycles. The molecule has 0 spiro atoms. The SMILES string of the molecule is CCCCCCCCCCCCCCCCCCCCC/C=C/[N+](CCC(=O)O)(CCC(=O)O)CCC(=O)O. The van der Waals surface area contributed by atoms with Crippen LogP contribution in [-0.2, 0) is 14.4 Å². The lowest BCUT2D eigenvalue weighted by atomic mass is 10.0. The highest BCUT2D eigenvalue weighted by Gasteiger charge is 2.27. The van der Waals surface area contributed by atoms with Gasteiger partial charge in [-0.2, -0.15) is 0 Å². The summed E-state index contributed by atoms with van der Waals surface area (Å²) < 4.78 is 0.0873. The molecule has 0 aliphatic rings. The molecular weight excluding hydrogens is 494 g/mol. The Morgan fingerprint density at radius 1 is 0.487 bits per heavy atom. The molecule has 228 valence electrons. The van der Waals surface area contributed by atoms with Crippen molar-refractivity contribution in [1.29, 1.82) is 0 Å². The minimum absolute atomic E-state index is 0.0873. The molecule has 7 heteroatoms. The highest BCUT2D eigenvalue weighted by Crippen LogP contribution is 2.17. The monoisotopic (exact) mass is 554 g/mol. The predicted molar refractivity (Wildman–Crippen MR) is 159 cm³/mol. The zero-order valence-electron chi connectivity index (χ0n) is 25.1. The number of carbonyl (C=O) groups is 3. The number of allylic oxidation sites excluding steroid dienone is 1. The Morgan fingerprint density at radius 3 is 1.05 bits per heavy atom. The predicted octanol–water partition coefficient (Wildman–Crippen LogP) is 8.56. The molecule has 0 aliphatic heterocycles. The van der Waals surface area contributed by atoms with Crippen molar-refractivity contribution in [1.82, 2.24) is 0 Å². The largest absolute Gasteiger partial charge is 0.481 e. The average Bonchev–Trinajstić information content (AvgIpc) is 2.90. The van der Waals surface area contributed by atoms with Crippen molar-refractivity contribution in [3.05, 3.63) is 12.3 Å². The second-order valence-electron chi connectivity index (χ2n) is 11.4. The van der Waals surface area contributed by atoms with E-state index in [1.807, 2.05) is 12.3 Å². The zero-order valence-corrected chi connectivity index (χ0v) is 25.1. The first-order valence-electron chi connectivity index (χ1n) is 16.0. The lowest BCUT2D eigenvalue weighted by Crippen LogP contribution is -2.47. The highest BCUT2D eigenvalue weighted by molar-refractivity contribution is 5.67. The van der Waals surface area contributed by atoms with E-state index in [0.717, 1.165) is 19.3 Å². The van der Waals surface area contributed by atoms with Gasteiger partial charge in [-0.05, 0) is 18.9 Å². The van der Waals surface area contributed by atoms with E-state index < -0.39 is 17.9 Å². The Bertz CT molecular complexity index is 603. The summed E-state index contributed by atoms with van der Waals surface area (Å²) in [5.74, 6) is -2.89. The molecule has 3 N–H and O–H groups in total. The van der Waals surface area contributed by atoms with Crippen molar-refractivity contribution >= 4 is 17.9 Å². The summed E-state index contributed by atoms with van der Waals surface area (Å²) in [4.78, 5) is 33.4. The van der Waals surface area contributed by atoms with Gasteiger partial charge in [0.25, 0.3) is 0 Å². The van der Waals surface area contributed by atoms with Gasteiger partial charge >= 0.3 is 17.9 Å². The number of nitrogens with zero attached hydrogens (tertiary/aromatic N) is 1. The fraction of sp³-hybridized carbons (Fsp3) is 0.844. The first-order valence-corrected chi connectivity index (χ1v) is 16.0. The number of rotatable bonds is 30. The highest BCUT2D eigenvalue weighted by atomic mass is 16.4. The van der Waals surface area contributed by atoms with Gasteiger partial charge in [0.1, 0.15) is 0 Å². The van der Waals surface area contributed by atoms with Crippen LogP contribution in [0.2, 0.25) is 0 Å². The molecule has 0 aromatic carbocycles. The van der Waals surface area contributed by atoms with Crippen molar-refractivity contribution in [2.24, 2.45) is 0 Å². The van der Waals surface area contributed by atoms with Crippen LogP contribution < -0.4 is 0 Å². The third-order valence-electron chi connectivity index (χ3n) is 7.71. The van der Waals surface area contributed by atoms with Crippen molar-refractivity contribution in [2.75, 3.05) is 19.6 Å². The molecule has 0 aromatic rings. The van der Waals surface area contributed by atoms with Crippen molar-refractivity contribution in [3.63, 3.8) is 0 Å². The van der Waals surface area contributed by atoms with E-state index in [2.05, 4.69) is 6.92 Å². The van der Waals surface area contributed by atoms with Crippen LogP contribution in [0.25, 0.3) is 0 Å². The number of unbranched alkanes of at least 4 members (excludes halogenated alkanes) is 19. The van der Waals surface area contributed by atoms with E-state index in [-0.39, 0.29) is 43.4 Å². The lowest BCUT2D eigenvalue weighted by molar-refractivity contribution is -0.878. The molecule has 0 radical (unpaired) electrons. The van der Waals surface area contributed by atoms with Crippen LogP contribution in [0.15, 0.2) is 12.3 Å². The number of quaternary nitrogens is 1. The Morgan fingerprint density at radius 2 is 0.769 bits per heavy atom. The quantitative estimate of drug-likeness (QED) is 0.0605. The van der Waals surface area contributed by atoms with Crippen LogP contribution in [-0.4, -0.2) is 57.3 Å².